The molecule has 1 aromatic carbocycles. The van der Waals surface area contributed by atoms with Gasteiger partial charge in [-0.25, -0.2) is 0 Å². The molecule has 1 rings (SSSR count). The normalized spacial score (nSPS) is 10.6. The van der Waals surface area contributed by atoms with Crippen molar-refractivity contribution < 1.29 is 4.79 Å². The van der Waals surface area contributed by atoms with Gasteiger partial charge in [-0.15, -0.1) is 0 Å². The van der Waals surface area contributed by atoms with E-state index in [0.717, 1.165) is 18.3 Å². The van der Waals surface area contributed by atoms with Crippen molar-refractivity contribution >= 4 is 21.8 Å². The van der Waals surface area contributed by atoms with Crippen LogP contribution in [0.5, 0.6) is 0 Å². The average Bonchev–Trinajstić information content (AvgIpc) is 2.34. The zero-order valence-corrected chi connectivity index (χ0v) is 12.1. The van der Waals surface area contributed by atoms with Gasteiger partial charge in [0.1, 0.15) is 0 Å². The van der Waals surface area contributed by atoms with Gasteiger partial charge in [0.05, 0.1) is 0 Å². The monoisotopic (exact) mass is 297 g/mol. The maximum Gasteiger partial charge on any atom is 0.225 e. The fraction of sp³-hybridized carbons (Fsp3) is 0.500. The zero-order chi connectivity index (χ0) is 12.7. The predicted octanol–water partition coefficient (Wildman–Crippen LogP) is 3.46. The molecule has 1 amide bonds. The molecule has 3 heteroatoms. The minimum atomic E-state index is 0.0639. The number of hydrogen-bond acceptors (Lipinski definition) is 1. The third-order valence-electron chi connectivity index (χ3n) is 2.58. The maximum absolute atomic E-state index is 12.1. The summed E-state index contributed by atoms with van der Waals surface area (Å²) in [6.45, 7) is 5.44. The molecular weight excluding hydrogens is 278 g/mol. The van der Waals surface area contributed by atoms with Gasteiger partial charge >= 0.3 is 0 Å². The fourth-order valence-electron chi connectivity index (χ4n) is 1.69. The molecule has 2 nitrogen and oxygen atoms in total. The lowest BCUT2D eigenvalue weighted by Crippen LogP contribution is -2.34. The van der Waals surface area contributed by atoms with Crippen molar-refractivity contribution in [1.29, 1.82) is 0 Å². The van der Waals surface area contributed by atoms with Crippen LogP contribution < -0.4 is 0 Å². The fourth-order valence-corrected chi connectivity index (χ4v) is 1.94. The largest absolute Gasteiger partial charge is 0.338 e. The summed E-state index contributed by atoms with van der Waals surface area (Å²) >= 11 is 3.41. The number of carbonyl (C=O) groups excluding carboxylic acids is 1. The van der Waals surface area contributed by atoms with E-state index < -0.39 is 0 Å². The summed E-state index contributed by atoms with van der Waals surface area (Å²) in [5.74, 6) is 0.295. The van der Waals surface area contributed by atoms with Crippen molar-refractivity contribution in [1.82, 2.24) is 4.90 Å². The summed E-state index contributed by atoms with van der Waals surface area (Å²) in [6.07, 6.45) is 0.991. The van der Waals surface area contributed by atoms with Crippen molar-refractivity contribution in [3.8, 4) is 0 Å². The average molecular weight is 298 g/mol. The Balaban J connectivity index is 2.66. The summed E-state index contributed by atoms with van der Waals surface area (Å²) in [5, 5.41) is 0.934. The van der Waals surface area contributed by atoms with Crippen molar-refractivity contribution in [3.63, 3.8) is 0 Å². The number of rotatable bonds is 6. The van der Waals surface area contributed by atoms with Crippen LogP contribution >= 0.6 is 15.9 Å². The second-order valence-electron chi connectivity index (χ2n) is 4.44. The van der Waals surface area contributed by atoms with Crippen molar-refractivity contribution in [3.05, 3.63) is 35.9 Å². The Kier molecular flexibility index (Phi) is 6.27. The van der Waals surface area contributed by atoms with Crippen molar-refractivity contribution in [2.45, 2.75) is 26.8 Å². The molecule has 0 aliphatic heterocycles. The van der Waals surface area contributed by atoms with E-state index in [1.807, 2.05) is 36.9 Å². The van der Waals surface area contributed by atoms with E-state index in [-0.39, 0.29) is 11.8 Å². The van der Waals surface area contributed by atoms with Gasteiger partial charge in [-0.3, -0.25) is 4.79 Å². The molecule has 0 bridgehead atoms. The number of amides is 1. The van der Waals surface area contributed by atoms with Gasteiger partial charge < -0.3 is 4.90 Å². The molecule has 0 heterocycles. The van der Waals surface area contributed by atoms with Crippen molar-refractivity contribution in [2.75, 3.05) is 11.9 Å². The molecule has 0 aliphatic carbocycles. The highest BCUT2D eigenvalue weighted by Gasteiger charge is 2.16. The Bertz CT molecular complexity index is 337. The summed E-state index contributed by atoms with van der Waals surface area (Å²) in [6, 6.07) is 10.1. The summed E-state index contributed by atoms with van der Waals surface area (Å²) in [4.78, 5) is 14.0. The Morgan fingerprint density at radius 2 is 1.94 bits per heavy atom. The number of alkyl halides is 1. The second-order valence-corrected chi connectivity index (χ2v) is 5.24. The van der Waals surface area contributed by atoms with Gasteiger partial charge in [-0.2, -0.15) is 0 Å². The first-order valence-corrected chi connectivity index (χ1v) is 7.16. The summed E-state index contributed by atoms with van der Waals surface area (Å²) < 4.78 is 0. The van der Waals surface area contributed by atoms with E-state index >= 15 is 0 Å². The van der Waals surface area contributed by atoms with Crippen LogP contribution in [0.4, 0.5) is 0 Å². The van der Waals surface area contributed by atoms with E-state index in [0.29, 0.717) is 6.54 Å². The Hall–Kier alpha value is -0.830. The molecule has 0 aromatic heterocycles. The van der Waals surface area contributed by atoms with E-state index in [1.54, 1.807) is 0 Å². The molecule has 0 fully saturated rings. The van der Waals surface area contributed by atoms with E-state index in [4.69, 9.17) is 0 Å². The molecule has 0 radical (unpaired) electrons. The Labute approximate surface area is 112 Å². The van der Waals surface area contributed by atoms with Crippen LogP contribution in [0.3, 0.4) is 0 Å². The van der Waals surface area contributed by atoms with Gasteiger partial charge in [-0.05, 0) is 12.0 Å². The molecule has 0 atom stereocenters. The molecule has 0 aliphatic rings. The van der Waals surface area contributed by atoms with Gasteiger partial charge in [0.2, 0.25) is 5.91 Å². The lowest BCUT2D eigenvalue weighted by atomic mass is 10.1. The molecule has 1 aromatic rings. The molecule has 94 valence electrons. The zero-order valence-electron chi connectivity index (χ0n) is 10.5. The van der Waals surface area contributed by atoms with E-state index in [1.165, 1.54) is 5.56 Å². The molecule has 0 saturated heterocycles. The minimum absolute atomic E-state index is 0.0639. The highest BCUT2D eigenvalue weighted by atomic mass is 79.9. The standard InChI is InChI=1S/C14H20BrNO/c1-12(2)14(17)16(10-6-9-15)11-13-7-4-3-5-8-13/h3-5,7-8,12H,6,9-11H2,1-2H3. The quantitative estimate of drug-likeness (QED) is 0.737. The SMILES string of the molecule is CC(C)C(=O)N(CCCBr)Cc1ccccc1. The van der Waals surface area contributed by atoms with Crippen LogP contribution in [-0.4, -0.2) is 22.7 Å². The smallest absolute Gasteiger partial charge is 0.225 e. The summed E-state index contributed by atoms with van der Waals surface area (Å²) in [7, 11) is 0. The van der Waals surface area contributed by atoms with E-state index in [9.17, 15) is 4.79 Å². The molecule has 0 saturated carbocycles. The van der Waals surface area contributed by atoms with Crippen LogP contribution in [0, 0.1) is 5.92 Å². The van der Waals surface area contributed by atoms with Crippen LogP contribution in [0.15, 0.2) is 30.3 Å². The molecular formula is C14H20BrNO. The molecule has 17 heavy (non-hydrogen) atoms. The third kappa shape index (κ3) is 4.90. The summed E-state index contributed by atoms with van der Waals surface area (Å²) in [5.41, 5.74) is 1.19. The number of halogens is 1. The van der Waals surface area contributed by atoms with Gasteiger partial charge in [0.25, 0.3) is 0 Å². The maximum atomic E-state index is 12.1. The van der Waals surface area contributed by atoms with Crippen LogP contribution in [-0.2, 0) is 11.3 Å². The molecule has 0 N–H and O–H groups in total. The minimum Gasteiger partial charge on any atom is -0.338 e. The first-order chi connectivity index (χ1) is 8.15. The highest BCUT2D eigenvalue weighted by Crippen LogP contribution is 2.09. The van der Waals surface area contributed by atoms with Crippen LogP contribution in [0.25, 0.3) is 0 Å². The first-order valence-electron chi connectivity index (χ1n) is 6.04. The first kappa shape index (κ1) is 14.2. The lowest BCUT2D eigenvalue weighted by Gasteiger charge is -2.24. The number of benzene rings is 1. The lowest BCUT2D eigenvalue weighted by molar-refractivity contribution is -0.135. The van der Waals surface area contributed by atoms with Crippen molar-refractivity contribution in [2.24, 2.45) is 5.92 Å². The van der Waals surface area contributed by atoms with Gasteiger partial charge in [0, 0.05) is 24.3 Å². The van der Waals surface area contributed by atoms with Gasteiger partial charge in [0.15, 0.2) is 0 Å². The topological polar surface area (TPSA) is 20.3 Å². The Morgan fingerprint density at radius 1 is 1.29 bits per heavy atom. The van der Waals surface area contributed by atoms with Gasteiger partial charge in [-0.1, -0.05) is 60.1 Å². The molecule has 0 unspecified atom stereocenters. The number of hydrogen-bond donors (Lipinski definition) is 0. The second kappa shape index (κ2) is 7.49. The third-order valence-corrected chi connectivity index (χ3v) is 3.14. The van der Waals surface area contributed by atoms with Crippen LogP contribution in [0.2, 0.25) is 0 Å². The highest BCUT2D eigenvalue weighted by molar-refractivity contribution is 9.09. The number of carbonyl (C=O) groups is 1. The van der Waals surface area contributed by atoms with Crippen LogP contribution in [0.1, 0.15) is 25.8 Å². The van der Waals surface area contributed by atoms with E-state index in [2.05, 4.69) is 28.1 Å². The number of nitrogens with zero attached hydrogens (tertiary/aromatic N) is 1. The molecule has 0 spiro atoms. The Morgan fingerprint density at radius 3 is 2.47 bits per heavy atom. The predicted molar refractivity (Wildman–Crippen MR) is 75.1 cm³/mol.